The fourth-order valence-electron chi connectivity index (χ4n) is 2.09. The molecule has 4 nitrogen and oxygen atoms in total. The number of sulfonamides is 1. The summed E-state index contributed by atoms with van der Waals surface area (Å²) in [4.78, 5) is -0.366. The molecule has 2 atom stereocenters. The summed E-state index contributed by atoms with van der Waals surface area (Å²) < 4.78 is 39.5. The third-order valence-electron chi connectivity index (χ3n) is 3.63. The van der Waals surface area contributed by atoms with Crippen LogP contribution in [0.15, 0.2) is 23.1 Å². The highest BCUT2D eigenvalue weighted by Gasteiger charge is 2.36. The van der Waals surface area contributed by atoms with E-state index in [9.17, 15) is 12.8 Å². The molecule has 0 heterocycles. The zero-order valence-electron chi connectivity index (χ0n) is 11.0. The molecule has 0 spiro atoms. The summed E-state index contributed by atoms with van der Waals surface area (Å²) in [5, 5.41) is 9.02. The highest BCUT2D eigenvalue weighted by Crippen LogP contribution is 2.38. The quantitative estimate of drug-likeness (QED) is 0.895. The largest absolute Gasteiger partial charge is 0.392 e. The minimum atomic E-state index is -3.83. The van der Waals surface area contributed by atoms with Crippen LogP contribution in [-0.2, 0) is 16.6 Å². The van der Waals surface area contributed by atoms with Crippen LogP contribution in [0.25, 0.3) is 0 Å². The normalized spacial score (nSPS) is 22.8. The van der Waals surface area contributed by atoms with E-state index in [1.54, 1.807) is 0 Å². The lowest BCUT2D eigenvalue weighted by atomic mass is 10.2. The lowest BCUT2D eigenvalue weighted by Crippen LogP contribution is -2.30. The molecule has 1 aromatic rings. The van der Waals surface area contributed by atoms with Crippen molar-refractivity contribution in [2.45, 2.75) is 24.8 Å². The van der Waals surface area contributed by atoms with Crippen molar-refractivity contribution in [3.05, 3.63) is 29.6 Å². The van der Waals surface area contributed by atoms with Crippen molar-refractivity contribution in [1.82, 2.24) is 4.31 Å². The molecule has 1 N–H and O–H groups in total. The maximum absolute atomic E-state index is 13.7. The van der Waals surface area contributed by atoms with Crippen LogP contribution in [0.4, 0.5) is 4.39 Å². The Morgan fingerprint density at radius 1 is 1.47 bits per heavy atom. The monoisotopic (exact) mass is 287 g/mol. The first-order valence-corrected chi connectivity index (χ1v) is 7.66. The second-order valence-electron chi connectivity index (χ2n) is 5.18. The Morgan fingerprint density at radius 2 is 2.11 bits per heavy atom. The van der Waals surface area contributed by atoms with Gasteiger partial charge in [0.1, 0.15) is 10.7 Å². The SMILES string of the molecule is CC1CC1CN(C)S(=O)(=O)c1cc(CO)ccc1F. The van der Waals surface area contributed by atoms with Crippen LogP contribution in [0, 0.1) is 17.7 Å². The number of aliphatic hydroxyl groups excluding tert-OH is 1. The van der Waals surface area contributed by atoms with Crippen molar-refractivity contribution in [3.8, 4) is 0 Å². The number of aliphatic hydroxyl groups is 1. The molecule has 1 aromatic carbocycles. The van der Waals surface area contributed by atoms with Crippen LogP contribution in [-0.4, -0.2) is 31.4 Å². The van der Waals surface area contributed by atoms with Crippen molar-refractivity contribution in [2.75, 3.05) is 13.6 Å². The van der Waals surface area contributed by atoms with Crippen molar-refractivity contribution in [2.24, 2.45) is 11.8 Å². The topological polar surface area (TPSA) is 57.6 Å². The molecule has 0 aliphatic heterocycles. The predicted octanol–water partition coefficient (Wildman–Crippen LogP) is 1.59. The van der Waals surface area contributed by atoms with Gasteiger partial charge in [-0.2, -0.15) is 0 Å². The lowest BCUT2D eigenvalue weighted by molar-refractivity contribution is 0.281. The van der Waals surface area contributed by atoms with E-state index in [2.05, 4.69) is 6.92 Å². The number of halogens is 1. The molecule has 0 amide bonds. The highest BCUT2D eigenvalue weighted by atomic mass is 32.2. The average Bonchev–Trinajstić information content (AvgIpc) is 3.05. The lowest BCUT2D eigenvalue weighted by Gasteiger charge is -2.18. The molecule has 1 saturated carbocycles. The molecule has 2 unspecified atom stereocenters. The van der Waals surface area contributed by atoms with Gasteiger partial charge in [-0.3, -0.25) is 0 Å². The number of hydrogen-bond donors (Lipinski definition) is 1. The first kappa shape index (κ1) is 14.4. The Labute approximate surface area is 112 Å². The molecule has 1 aliphatic carbocycles. The van der Waals surface area contributed by atoms with Crippen LogP contribution in [0.1, 0.15) is 18.9 Å². The molecule has 6 heteroatoms. The molecule has 2 rings (SSSR count). The molecule has 19 heavy (non-hydrogen) atoms. The second-order valence-corrected chi connectivity index (χ2v) is 7.19. The van der Waals surface area contributed by atoms with E-state index in [1.165, 1.54) is 23.5 Å². The fraction of sp³-hybridized carbons (Fsp3) is 0.538. The summed E-state index contributed by atoms with van der Waals surface area (Å²) in [6.45, 7) is 2.16. The van der Waals surface area contributed by atoms with Crippen molar-refractivity contribution >= 4 is 10.0 Å². The first-order chi connectivity index (χ1) is 8.86. The molecule has 0 saturated heterocycles. The smallest absolute Gasteiger partial charge is 0.245 e. The van der Waals surface area contributed by atoms with Gasteiger partial charge < -0.3 is 5.11 Å². The number of rotatable bonds is 5. The van der Waals surface area contributed by atoms with Gasteiger partial charge in [0.15, 0.2) is 0 Å². The van der Waals surface area contributed by atoms with Gasteiger partial charge in [0.2, 0.25) is 10.0 Å². The zero-order chi connectivity index (χ0) is 14.2. The van der Waals surface area contributed by atoms with Gasteiger partial charge in [-0.25, -0.2) is 17.1 Å². The maximum Gasteiger partial charge on any atom is 0.245 e. The van der Waals surface area contributed by atoms with Crippen LogP contribution < -0.4 is 0 Å². The molecule has 0 bridgehead atoms. The van der Waals surface area contributed by atoms with Gasteiger partial charge >= 0.3 is 0 Å². The number of nitrogens with zero attached hydrogens (tertiary/aromatic N) is 1. The Kier molecular flexibility index (Phi) is 3.94. The highest BCUT2D eigenvalue weighted by molar-refractivity contribution is 7.89. The van der Waals surface area contributed by atoms with Crippen LogP contribution in [0.2, 0.25) is 0 Å². The Hall–Kier alpha value is -0.980. The Bertz CT molecular complexity index is 573. The van der Waals surface area contributed by atoms with E-state index in [0.717, 1.165) is 12.5 Å². The van der Waals surface area contributed by atoms with Gasteiger partial charge in [-0.05, 0) is 36.0 Å². The minimum Gasteiger partial charge on any atom is -0.392 e. The molecule has 0 aromatic heterocycles. The van der Waals surface area contributed by atoms with E-state index in [0.29, 0.717) is 23.9 Å². The molecule has 0 radical (unpaired) electrons. The van der Waals surface area contributed by atoms with Gasteiger partial charge in [-0.1, -0.05) is 13.0 Å². The first-order valence-electron chi connectivity index (χ1n) is 6.22. The van der Waals surface area contributed by atoms with Crippen LogP contribution >= 0.6 is 0 Å². The fourth-order valence-corrected chi connectivity index (χ4v) is 3.43. The zero-order valence-corrected chi connectivity index (χ0v) is 11.8. The minimum absolute atomic E-state index is 0.313. The van der Waals surface area contributed by atoms with Crippen LogP contribution in [0.5, 0.6) is 0 Å². The summed E-state index contributed by atoms with van der Waals surface area (Å²) in [5.74, 6) is 0.114. The van der Waals surface area contributed by atoms with E-state index in [1.807, 2.05) is 0 Å². The van der Waals surface area contributed by atoms with Crippen molar-refractivity contribution in [1.29, 1.82) is 0 Å². The standard InChI is InChI=1S/C13H18FNO3S/c1-9-5-11(9)7-15(2)19(17,18)13-6-10(8-16)3-4-12(13)14/h3-4,6,9,11,16H,5,7-8H2,1-2H3. The van der Waals surface area contributed by atoms with E-state index >= 15 is 0 Å². The van der Waals surface area contributed by atoms with Crippen molar-refractivity contribution < 1.29 is 17.9 Å². The summed E-state index contributed by atoms with van der Waals surface area (Å²) in [6, 6.07) is 3.64. The average molecular weight is 287 g/mol. The molecular weight excluding hydrogens is 269 g/mol. The van der Waals surface area contributed by atoms with E-state index in [-0.39, 0.29) is 11.5 Å². The number of benzene rings is 1. The second kappa shape index (κ2) is 5.19. The summed E-state index contributed by atoms with van der Waals surface area (Å²) in [5.41, 5.74) is 0.383. The van der Waals surface area contributed by atoms with Crippen molar-refractivity contribution in [3.63, 3.8) is 0 Å². The molecule has 1 fully saturated rings. The summed E-state index contributed by atoms with van der Waals surface area (Å²) in [7, 11) is -2.37. The Balaban J connectivity index is 2.27. The predicted molar refractivity (Wildman–Crippen MR) is 69.4 cm³/mol. The number of hydrogen-bond acceptors (Lipinski definition) is 3. The van der Waals surface area contributed by atoms with Gasteiger partial charge in [-0.15, -0.1) is 0 Å². The van der Waals surface area contributed by atoms with Crippen LogP contribution in [0.3, 0.4) is 0 Å². The third kappa shape index (κ3) is 2.96. The molecule has 106 valence electrons. The molecular formula is C13H18FNO3S. The summed E-state index contributed by atoms with van der Waals surface area (Å²) in [6.07, 6.45) is 1.01. The molecule has 1 aliphatic rings. The van der Waals surface area contributed by atoms with E-state index < -0.39 is 15.8 Å². The summed E-state index contributed by atoms with van der Waals surface area (Å²) >= 11 is 0. The van der Waals surface area contributed by atoms with Gasteiger partial charge in [0.05, 0.1) is 6.61 Å². The Morgan fingerprint density at radius 3 is 2.63 bits per heavy atom. The van der Waals surface area contributed by atoms with E-state index in [4.69, 9.17) is 5.11 Å². The van der Waals surface area contributed by atoms with Gasteiger partial charge in [0, 0.05) is 13.6 Å². The third-order valence-corrected chi connectivity index (χ3v) is 5.47. The maximum atomic E-state index is 13.7. The van der Waals surface area contributed by atoms with Gasteiger partial charge in [0.25, 0.3) is 0 Å².